The van der Waals surface area contributed by atoms with Crippen molar-refractivity contribution in [2.24, 2.45) is 5.41 Å². The summed E-state index contributed by atoms with van der Waals surface area (Å²) in [7, 11) is 1.54. The summed E-state index contributed by atoms with van der Waals surface area (Å²) in [6.07, 6.45) is 1.74. The predicted octanol–water partition coefficient (Wildman–Crippen LogP) is 5.33. The molecule has 1 aliphatic heterocycles. The van der Waals surface area contributed by atoms with E-state index in [2.05, 4.69) is 4.98 Å². The second kappa shape index (κ2) is 8.24. The molecule has 0 spiro atoms. The molecule has 6 nitrogen and oxygen atoms in total. The Morgan fingerprint density at radius 1 is 1.12 bits per heavy atom. The molecule has 3 aromatic rings. The van der Waals surface area contributed by atoms with Gasteiger partial charge >= 0.3 is 0 Å². The first-order valence-corrected chi connectivity index (χ1v) is 11.1. The summed E-state index contributed by atoms with van der Waals surface area (Å²) in [6.45, 7) is 5.31. The van der Waals surface area contributed by atoms with Crippen LogP contribution in [0.4, 0.5) is 5.69 Å². The minimum Gasteiger partial charge on any atom is -0.503 e. The lowest BCUT2D eigenvalue weighted by molar-refractivity contribution is -0.123. The van der Waals surface area contributed by atoms with Crippen LogP contribution in [0.1, 0.15) is 32.4 Å². The largest absolute Gasteiger partial charge is 0.503 e. The van der Waals surface area contributed by atoms with Crippen LogP contribution in [0, 0.1) is 5.41 Å². The van der Waals surface area contributed by atoms with Gasteiger partial charge in [0.05, 0.1) is 18.7 Å². The van der Waals surface area contributed by atoms with E-state index in [1.165, 1.54) is 23.3 Å². The molecule has 7 heteroatoms. The van der Waals surface area contributed by atoms with Crippen molar-refractivity contribution in [1.29, 1.82) is 0 Å². The molecule has 0 bridgehead atoms. The molecule has 1 aromatic heterocycles. The molecule has 0 saturated carbocycles. The van der Waals surface area contributed by atoms with Crippen molar-refractivity contribution in [3.8, 4) is 16.3 Å². The van der Waals surface area contributed by atoms with Gasteiger partial charge in [0.25, 0.3) is 5.91 Å². The van der Waals surface area contributed by atoms with Crippen molar-refractivity contribution in [3.63, 3.8) is 0 Å². The number of nitrogens with zero attached hydrogens (tertiary/aromatic N) is 2. The van der Waals surface area contributed by atoms with E-state index in [-0.39, 0.29) is 11.4 Å². The maximum Gasteiger partial charge on any atom is 0.294 e. The molecule has 2 heterocycles. The smallest absolute Gasteiger partial charge is 0.294 e. The quantitative estimate of drug-likeness (QED) is 0.570. The van der Waals surface area contributed by atoms with Gasteiger partial charge in [-0.1, -0.05) is 39.0 Å². The number of para-hydroxylation sites is 1. The number of aliphatic hydroxyl groups excluding tert-OH is 1. The van der Waals surface area contributed by atoms with Crippen LogP contribution in [-0.4, -0.2) is 28.9 Å². The number of methoxy groups -OCH3 is 1. The van der Waals surface area contributed by atoms with E-state index in [4.69, 9.17) is 4.74 Å². The first kappa shape index (κ1) is 21.8. The maximum atomic E-state index is 13.3. The average molecular weight is 449 g/mol. The zero-order valence-electron chi connectivity index (χ0n) is 18.3. The van der Waals surface area contributed by atoms with E-state index in [1.807, 2.05) is 35.7 Å². The average Bonchev–Trinajstić information content (AvgIpc) is 3.40. The molecule has 0 aliphatic carbocycles. The molecular formula is C25H24N2O4S. The summed E-state index contributed by atoms with van der Waals surface area (Å²) in [5.74, 6) is -0.898. The number of amides is 1. The number of anilines is 1. The number of ketones is 1. The number of hydrogen-bond donors (Lipinski definition) is 1. The molecule has 32 heavy (non-hydrogen) atoms. The van der Waals surface area contributed by atoms with E-state index in [9.17, 15) is 14.7 Å². The Morgan fingerprint density at radius 2 is 1.81 bits per heavy atom. The molecule has 1 unspecified atom stereocenters. The van der Waals surface area contributed by atoms with Gasteiger partial charge in [0.1, 0.15) is 10.8 Å². The third-order valence-corrected chi connectivity index (χ3v) is 6.21. The van der Waals surface area contributed by atoms with Gasteiger partial charge in [0.15, 0.2) is 11.5 Å². The molecule has 1 N–H and O–H groups in total. The lowest BCUT2D eigenvalue weighted by Gasteiger charge is -2.29. The minimum atomic E-state index is -0.809. The fourth-order valence-corrected chi connectivity index (χ4v) is 4.47. The predicted molar refractivity (Wildman–Crippen MR) is 125 cm³/mol. The van der Waals surface area contributed by atoms with Crippen LogP contribution in [0.2, 0.25) is 0 Å². The van der Waals surface area contributed by atoms with Crippen molar-refractivity contribution in [1.82, 2.24) is 4.98 Å². The normalized spacial score (nSPS) is 16.6. The second-order valence-corrected chi connectivity index (χ2v) is 9.44. The van der Waals surface area contributed by atoms with Crippen LogP contribution < -0.4 is 9.64 Å². The molecule has 0 saturated heterocycles. The number of rotatable bonds is 5. The summed E-state index contributed by atoms with van der Waals surface area (Å²) in [4.78, 5) is 32.4. The number of carbonyl (C=O) groups is 2. The van der Waals surface area contributed by atoms with E-state index in [0.717, 1.165) is 10.6 Å². The van der Waals surface area contributed by atoms with Crippen LogP contribution in [-0.2, 0) is 9.59 Å². The SMILES string of the molecule is COc1ccccc1C1C(C(=O)C(C)(C)C)=C(O)C(=O)N1c1ccc(-c2nccs2)cc1. The Bertz CT molecular complexity index is 1190. The van der Waals surface area contributed by atoms with Gasteiger partial charge in [-0.15, -0.1) is 11.3 Å². The van der Waals surface area contributed by atoms with Gasteiger partial charge in [-0.3, -0.25) is 14.5 Å². The Morgan fingerprint density at radius 3 is 2.41 bits per heavy atom. The first-order valence-electron chi connectivity index (χ1n) is 10.2. The zero-order chi connectivity index (χ0) is 23.0. The van der Waals surface area contributed by atoms with Gasteiger partial charge in [0.2, 0.25) is 0 Å². The summed E-state index contributed by atoms with van der Waals surface area (Å²) in [6, 6.07) is 13.8. The monoisotopic (exact) mass is 448 g/mol. The molecule has 2 aromatic carbocycles. The highest BCUT2D eigenvalue weighted by Gasteiger charge is 2.47. The molecule has 1 atom stereocenters. The Labute approximate surface area is 190 Å². The third kappa shape index (κ3) is 3.69. The van der Waals surface area contributed by atoms with E-state index in [0.29, 0.717) is 17.0 Å². The second-order valence-electron chi connectivity index (χ2n) is 8.55. The Balaban J connectivity index is 1.86. The fourth-order valence-electron chi connectivity index (χ4n) is 3.82. The molecule has 0 radical (unpaired) electrons. The van der Waals surface area contributed by atoms with Crippen molar-refractivity contribution >= 4 is 28.7 Å². The van der Waals surface area contributed by atoms with Gasteiger partial charge < -0.3 is 9.84 Å². The number of aromatic nitrogens is 1. The molecule has 1 aliphatic rings. The number of thiazole rings is 1. The van der Waals surface area contributed by atoms with Crippen LogP contribution in [0.5, 0.6) is 5.75 Å². The maximum absolute atomic E-state index is 13.3. The van der Waals surface area contributed by atoms with Crippen LogP contribution >= 0.6 is 11.3 Å². The van der Waals surface area contributed by atoms with Gasteiger partial charge in [-0.25, -0.2) is 4.98 Å². The molecule has 1 amide bonds. The highest BCUT2D eigenvalue weighted by atomic mass is 32.1. The van der Waals surface area contributed by atoms with Crippen molar-refractivity contribution in [3.05, 3.63) is 77.0 Å². The summed E-state index contributed by atoms with van der Waals surface area (Å²) in [5, 5.41) is 13.6. The van der Waals surface area contributed by atoms with Crippen LogP contribution in [0.3, 0.4) is 0 Å². The molecule has 0 fully saturated rings. The van der Waals surface area contributed by atoms with Crippen molar-refractivity contribution < 1.29 is 19.4 Å². The molecular weight excluding hydrogens is 424 g/mol. The summed E-state index contributed by atoms with van der Waals surface area (Å²) < 4.78 is 5.53. The van der Waals surface area contributed by atoms with E-state index < -0.39 is 23.1 Å². The van der Waals surface area contributed by atoms with Gasteiger partial charge in [0, 0.05) is 33.8 Å². The number of ether oxygens (including phenoxy) is 1. The number of Topliss-reactive ketones (excluding diaryl/α,β-unsaturated/α-hetero) is 1. The van der Waals surface area contributed by atoms with Crippen molar-refractivity contribution in [2.75, 3.05) is 12.0 Å². The van der Waals surface area contributed by atoms with Crippen LogP contribution in [0.25, 0.3) is 10.6 Å². The number of carbonyl (C=O) groups excluding carboxylic acids is 2. The third-order valence-electron chi connectivity index (χ3n) is 5.39. The topological polar surface area (TPSA) is 79.7 Å². The zero-order valence-corrected chi connectivity index (χ0v) is 19.1. The summed E-state index contributed by atoms with van der Waals surface area (Å²) >= 11 is 1.52. The fraction of sp³-hybridized carbons (Fsp3) is 0.240. The number of aliphatic hydroxyl groups is 1. The number of hydrogen-bond acceptors (Lipinski definition) is 6. The molecule has 4 rings (SSSR count). The van der Waals surface area contributed by atoms with Gasteiger partial charge in [-0.2, -0.15) is 0 Å². The van der Waals surface area contributed by atoms with E-state index in [1.54, 1.807) is 45.2 Å². The Hall–Kier alpha value is -3.45. The minimum absolute atomic E-state index is 0.0796. The standard InChI is InChI=1S/C25H24N2O4S/c1-25(2,3)22(29)19-20(17-7-5-6-8-18(17)31-4)27(24(30)21(19)28)16-11-9-15(10-12-16)23-26-13-14-32-23/h5-14,20,28H,1-4H3. The first-order chi connectivity index (χ1) is 15.2. The van der Waals surface area contributed by atoms with Gasteiger partial charge in [-0.05, 0) is 30.3 Å². The van der Waals surface area contributed by atoms with Crippen LogP contribution in [0.15, 0.2) is 71.4 Å². The summed E-state index contributed by atoms with van der Waals surface area (Å²) in [5.41, 5.74) is 1.41. The lowest BCUT2D eigenvalue weighted by atomic mass is 9.82. The highest BCUT2D eigenvalue weighted by Crippen LogP contribution is 2.46. The number of benzene rings is 2. The Kier molecular flexibility index (Phi) is 5.60. The van der Waals surface area contributed by atoms with E-state index >= 15 is 0 Å². The van der Waals surface area contributed by atoms with Crippen molar-refractivity contribution in [2.45, 2.75) is 26.8 Å². The highest BCUT2D eigenvalue weighted by molar-refractivity contribution is 7.13. The lowest BCUT2D eigenvalue weighted by Crippen LogP contribution is -2.33. The molecule has 164 valence electrons.